The molecule has 3 aliphatic rings. The Balaban J connectivity index is 1.53. The van der Waals surface area contributed by atoms with E-state index in [1.165, 1.54) is 37.7 Å². The van der Waals surface area contributed by atoms with Crippen LogP contribution in [0.25, 0.3) is 0 Å². The molecule has 2 fully saturated rings. The van der Waals surface area contributed by atoms with E-state index in [9.17, 15) is 15.2 Å². The molecule has 1 aromatic rings. The van der Waals surface area contributed by atoms with Crippen molar-refractivity contribution in [1.29, 1.82) is 5.26 Å². The Bertz CT molecular complexity index is 969. The van der Waals surface area contributed by atoms with E-state index in [0.717, 1.165) is 25.7 Å². The van der Waals surface area contributed by atoms with Gasteiger partial charge in [0.2, 0.25) is 0 Å². The van der Waals surface area contributed by atoms with Crippen LogP contribution >= 0.6 is 11.6 Å². The molecular formula is C28H35ClN2O2. The molecule has 176 valence electrons. The normalized spacial score (nSPS) is 24.1. The maximum absolute atomic E-state index is 13.3. The largest absolute Gasteiger partial charge is 0.376 e. The van der Waals surface area contributed by atoms with Gasteiger partial charge in [-0.25, -0.2) is 0 Å². The van der Waals surface area contributed by atoms with Crippen molar-refractivity contribution in [2.75, 3.05) is 13.1 Å². The highest BCUT2D eigenvalue weighted by Crippen LogP contribution is 2.42. The Morgan fingerprint density at radius 2 is 2.06 bits per heavy atom. The molecule has 5 heteroatoms. The maximum Gasteiger partial charge on any atom is 0.258 e. The number of halogens is 1. The van der Waals surface area contributed by atoms with E-state index in [2.05, 4.69) is 12.1 Å². The molecule has 0 radical (unpaired) electrons. The molecule has 1 saturated carbocycles. The molecule has 33 heavy (non-hydrogen) atoms. The van der Waals surface area contributed by atoms with Gasteiger partial charge in [-0.15, -0.1) is 0 Å². The smallest absolute Gasteiger partial charge is 0.258 e. The number of likely N-dealkylation sites (tertiary alicyclic amines) is 1. The Hall–Kier alpha value is -2.09. The third-order valence-corrected chi connectivity index (χ3v) is 8.22. The van der Waals surface area contributed by atoms with Crippen molar-refractivity contribution >= 4 is 17.5 Å². The average molecular weight is 467 g/mol. The average Bonchev–Trinajstić information content (AvgIpc) is 3.33. The van der Waals surface area contributed by atoms with Crippen LogP contribution in [0, 0.1) is 23.2 Å². The number of hydrogen-bond acceptors (Lipinski definition) is 3. The predicted molar refractivity (Wildman–Crippen MR) is 132 cm³/mol. The van der Waals surface area contributed by atoms with Gasteiger partial charge in [-0.2, -0.15) is 5.26 Å². The summed E-state index contributed by atoms with van der Waals surface area (Å²) < 4.78 is 0. The lowest BCUT2D eigenvalue weighted by Gasteiger charge is -2.32. The molecule has 0 aromatic heterocycles. The summed E-state index contributed by atoms with van der Waals surface area (Å²) in [4.78, 5) is 15.2. The fraction of sp³-hybridized carbons (Fsp3) is 0.571. The summed E-state index contributed by atoms with van der Waals surface area (Å²) in [5, 5.41) is 20.9. The first-order valence-electron chi connectivity index (χ1n) is 12.5. The topological polar surface area (TPSA) is 64.3 Å². The third-order valence-electron chi connectivity index (χ3n) is 7.91. The number of nitriles is 1. The number of aliphatic hydroxyl groups is 1. The molecule has 0 spiro atoms. The van der Waals surface area contributed by atoms with Crippen LogP contribution in [-0.2, 0) is 4.79 Å². The van der Waals surface area contributed by atoms with E-state index in [-0.39, 0.29) is 5.91 Å². The summed E-state index contributed by atoms with van der Waals surface area (Å²) in [5.41, 5.74) is 0.904. The molecule has 1 N–H and O–H groups in total. The van der Waals surface area contributed by atoms with Gasteiger partial charge in [0, 0.05) is 13.1 Å². The van der Waals surface area contributed by atoms with Crippen LogP contribution in [0.4, 0.5) is 0 Å². The maximum atomic E-state index is 13.3. The second-order valence-corrected chi connectivity index (χ2v) is 10.6. The number of allylic oxidation sites excluding steroid dienone is 2. The number of carbonyl (C=O) groups excluding carboxylic acids is 1. The third kappa shape index (κ3) is 5.36. The van der Waals surface area contributed by atoms with E-state index < -0.39 is 5.60 Å². The lowest BCUT2D eigenvalue weighted by atomic mass is 9.75. The fourth-order valence-electron chi connectivity index (χ4n) is 5.94. The first-order valence-corrected chi connectivity index (χ1v) is 12.9. The van der Waals surface area contributed by atoms with Crippen molar-refractivity contribution in [1.82, 2.24) is 4.90 Å². The van der Waals surface area contributed by atoms with Gasteiger partial charge in [-0.1, -0.05) is 68.0 Å². The Morgan fingerprint density at radius 1 is 1.27 bits per heavy atom. The molecule has 1 aliphatic heterocycles. The molecule has 1 heterocycles. The molecule has 4 nitrogen and oxygen atoms in total. The summed E-state index contributed by atoms with van der Waals surface area (Å²) in [6.07, 6.45) is 16.2. The fourth-order valence-corrected chi connectivity index (χ4v) is 6.17. The SMILES string of the molecule is CC(O)(C(=O)N1CC[C@H](C(CC2CCCCC2)c2ccc(C#N)c(Cl)c2)C1)C1=CCCC=C1. The van der Waals surface area contributed by atoms with Gasteiger partial charge in [0.15, 0.2) is 5.60 Å². The zero-order chi connectivity index (χ0) is 23.4. The van der Waals surface area contributed by atoms with E-state index in [0.29, 0.717) is 47.0 Å². The number of carbonyl (C=O) groups is 1. The van der Waals surface area contributed by atoms with Crippen LogP contribution in [0.2, 0.25) is 5.02 Å². The van der Waals surface area contributed by atoms with Crippen molar-refractivity contribution in [2.24, 2.45) is 11.8 Å². The zero-order valence-corrected chi connectivity index (χ0v) is 20.4. The second kappa shape index (κ2) is 10.5. The molecule has 4 rings (SSSR count). The van der Waals surface area contributed by atoms with Gasteiger partial charge in [0.25, 0.3) is 5.91 Å². The summed E-state index contributed by atoms with van der Waals surface area (Å²) in [6.45, 7) is 2.95. The van der Waals surface area contributed by atoms with Crippen molar-refractivity contribution in [3.8, 4) is 6.07 Å². The van der Waals surface area contributed by atoms with Crippen LogP contribution in [0.15, 0.2) is 42.0 Å². The van der Waals surface area contributed by atoms with Crippen LogP contribution < -0.4 is 0 Å². The van der Waals surface area contributed by atoms with E-state index in [1.807, 2.05) is 35.3 Å². The summed E-state index contributed by atoms with van der Waals surface area (Å²) in [6, 6.07) is 8.00. The van der Waals surface area contributed by atoms with Crippen molar-refractivity contribution < 1.29 is 9.90 Å². The molecule has 2 aliphatic carbocycles. The summed E-state index contributed by atoms with van der Waals surface area (Å²) in [7, 11) is 0. The second-order valence-electron chi connectivity index (χ2n) is 10.2. The van der Waals surface area contributed by atoms with E-state index in [1.54, 1.807) is 6.92 Å². The number of nitrogens with zero attached hydrogens (tertiary/aromatic N) is 2. The van der Waals surface area contributed by atoms with Gasteiger partial charge in [-0.3, -0.25) is 4.79 Å². The molecule has 0 bridgehead atoms. The quantitative estimate of drug-likeness (QED) is 0.547. The van der Waals surface area contributed by atoms with Crippen molar-refractivity contribution in [2.45, 2.75) is 76.2 Å². The number of amides is 1. The molecule has 3 atom stereocenters. The van der Waals surface area contributed by atoms with E-state index >= 15 is 0 Å². The first kappa shape index (κ1) is 24.0. The highest BCUT2D eigenvalue weighted by Gasteiger charge is 2.42. The molecule has 1 aromatic carbocycles. The highest BCUT2D eigenvalue weighted by atomic mass is 35.5. The summed E-state index contributed by atoms with van der Waals surface area (Å²) in [5.74, 6) is 1.13. The Labute approximate surface area is 202 Å². The minimum atomic E-state index is -1.48. The monoisotopic (exact) mass is 466 g/mol. The number of hydrogen-bond donors (Lipinski definition) is 1. The van der Waals surface area contributed by atoms with Crippen LogP contribution in [0.1, 0.15) is 81.8 Å². The lowest BCUT2D eigenvalue weighted by molar-refractivity contribution is -0.144. The minimum Gasteiger partial charge on any atom is -0.376 e. The number of rotatable bonds is 6. The van der Waals surface area contributed by atoms with E-state index in [4.69, 9.17) is 11.6 Å². The first-order chi connectivity index (χ1) is 15.9. The highest BCUT2D eigenvalue weighted by molar-refractivity contribution is 6.31. The van der Waals surface area contributed by atoms with Gasteiger partial charge in [0.1, 0.15) is 6.07 Å². The molecule has 1 amide bonds. The van der Waals surface area contributed by atoms with Crippen molar-refractivity contribution in [3.63, 3.8) is 0 Å². The van der Waals surface area contributed by atoms with Gasteiger partial charge >= 0.3 is 0 Å². The van der Waals surface area contributed by atoms with Crippen LogP contribution in [0.3, 0.4) is 0 Å². The van der Waals surface area contributed by atoms with Gasteiger partial charge in [0.05, 0.1) is 10.6 Å². The van der Waals surface area contributed by atoms with Gasteiger partial charge < -0.3 is 10.0 Å². The molecule has 2 unspecified atom stereocenters. The summed E-state index contributed by atoms with van der Waals surface area (Å²) >= 11 is 6.42. The number of benzene rings is 1. The predicted octanol–water partition coefficient (Wildman–Crippen LogP) is 6.14. The zero-order valence-electron chi connectivity index (χ0n) is 19.6. The minimum absolute atomic E-state index is 0.197. The lowest BCUT2D eigenvalue weighted by Crippen LogP contribution is -2.47. The molecule has 1 saturated heterocycles. The molecular weight excluding hydrogens is 432 g/mol. The standard InChI is InChI=1S/C28H35ClN2O2/c1-28(33,24-10-6-3-7-11-24)27(32)31-15-14-23(19-31)25(16-20-8-4-2-5-9-20)21-12-13-22(18-30)26(29)17-21/h6,10-13,17,20,23,25,33H,2-5,7-9,14-16,19H2,1H3/t23-,25?,28?/m0/s1. The Morgan fingerprint density at radius 3 is 2.73 bits per heavy atom. The Kier molecular flexibility index (Phi) is 7.62. The van der Waals surface area contributed by atoms with Crippen LogP contribution in [-0.4, -0.2) is 34.6 Å². The van der Waals surface area contributed by atoms with Crippen LogP contribution in [0.5, 0.6) is 0 Å². The van der Waals surface area contributed by atoms with Gasteiger partial charge in [-0.05, 0) is 73.6 Å². The van der Waals surface area contributed by atoms with Crippen molar-refractivity contribution in [3.05, 3.63) is 58.1 Å².